The highest BCUT2D eigenvalue weighted by Crippen LogP contribution is 2.26. The fourth-order valence-electron chi connectivity index (χ4n) is 3.53. The van der Waals surface area contributed by atoms with E-state index in [1.165, 1.54) is 11.1 Å². The number of hydrogen-bond acceptors (Lipinski definition) is 6. The molecule has 1 aliphatic heterocycles. The second-order valence-corrected chi connectivity index (χ2v) is 9.06. The van der Waals surface area contributed by atoms with Crippen molar-refractivity contribution in [1.82, 2.24) is 20.4 Å². The van der Waals surface area contributed by atoms with Crippen LogP contribution in [-0.4, -0.2) is 56.8 Å². The lowest BCUT2D eigenvalue weighted by Gasteiger charge is -2.32. The van der Waals surface area contributed by atoms with Gasteiger partial charge >= 0.3 is 0 Å². The standard InChI is InChI=1S/C20H26ClN5O4/c1-20(2,3)16(22)19(30)26-9-11(27)6-14(26)17(28)23-7-10-4-5-13(21)15-12(10)8-24-25-18(15)29/h4-5,8,11,14,16,27H,6-7,9,22H2,1-3H3,(H,23,28)(H,25,29)/t11-,14+,16-/m1/s1. The molecule has 2 heterocycles. The Morgan fingerprint density at radius 1 is 1.43 bits per heavy atom. The largest absolute Gasteiger partial charge is 0.391 e. The fraction of sp³-hybridized carbons (Fsp3) is 0.500. The number of aromatic amines is 1. The number of nitrogens with one attached hydrogen (secondary N) is 2. The number of benzene rings is 1. The Labute approximate surface area is 178 Å². The van der Waals surface area contributed by atoms with E-state index in [4.69, 9.17) is 17.3 Å². The lowest BCUT2D eigenvalue weighted by Crippen LogP contribution is -2.54. The van der Waals surface area contributed by atoms with Crippen molar-refractivity contribution in [2.75, 3.05) is 6.54 Å². The maximum atomic E-state index is 12.9. The number of carbonyl (C=O) groups is 2. The third-order valence-corrected chi connectivity index (χ3v) is 5.70. The van der Waals surface area contributed by atoms with E-state index in [2.05, 4.69) is 15.5 Å². The number of amides is 2. The van der Waals surface area contributed by atoms with E-state index in [1.807, 2.05) is 20.8 Å². The van der Waals surface area contributed by atoms with E-state index in [0.717, 1.165) is 0 Å². The van der Waals surface area contributed by atoms with Crippen molar-refractivity contribution in [3.05, 3.63) is 39.3 Å². The van der Waals surface area contributed by atoms with E-state index in [-0.39, 0.29) is 30.4 Å². The molecule has 0 unspecified atom stereocenters. The summed E-state index contributed by atoms with van der Waals surface area (Å²) in [6.45, 7) is 5.71. The molecule has 0 bridgehead atoms. The number of likely N-dealkylation sites (tertiary alicyclic amines) is 1. The highest BCUT2D eigenvalue weighted by Gasteiger charge is 2.42. The van der Waals surface area contributed by atoms with Crippen molar-refractivity contribution in [3.63, 3.8) is 0 Å². The minimum atomic E-state index is -0.819. The Balaban J connectivity index is 1.78. The molecule has 5 N–H and O–H groups in total. The molecule has 1 aromatic carbocycles. The van der Waals surface area contributed by atoms with Crippen molar-refractivity contribution < 1.29 is 14.7 Å². The van der Waals surface area contributed by atoms with Gasteiger partial charge < -0.3 is 21.1 Å². The molecular weight excluding hydrogens is 410 g/mol. The van der Waals surface area contributed by atoms with Gasteiger partial charge in [0.05, 0.1) is 28.8 Å². The summed E-state index contributed by atoms with van der Waals surface area (Å²) in [6.07, 6.45) is 0.814. The van der Waals surface area contributed by atoms with Crippen molar-refractivity contribution in [3.8, 4) is 0 Å². The van der Waals surface area contributed by atoms with Crippen molar-refractivity contribution >= 4 is 34.2 Å². The number of β-amino-alcohol motifs (C(OH)–C–C–N with tert-alkyl or cyclic N) is 1. The highest BCUT2D eigenvalue weighted by molar-refractivity contribution is 6.35. The number of fused-ring (bicyclic) bond motifs is 1. The Kier molecular flexibility index (Phi) is 6.16. The van der Waals surface area contributed by atoms with Gasteiger partial charge in [-0.25, -0.2) is 5.10 Å². The monoisotopic (exact) mass is 435 g/mol. The Hall–Kier alpha value is -2.49. The summed E-state index contributed by atoms with van der Waals surface area (Å²) in [6, 6.07) is 1.67. The smallest absolute Gasteiger partial charge is 0.273 e. The fourth-order valence-corrected chi connectivity index (χ4v) is 3.79. The van der Waals surface area contributed by atoms with E-state index >= 15 is 0 Å². The molecule has 1 aromatic heterocycles. The number of aliphatic hydroxyl groups excluding tert-OH is 1. The molecule has 2 amide bonds. The number of aromatic nitrogens is 2. The Morgan fingerprint density at radius 3 is 2.80 bits per heavy atom. The average molecular weight is 436 g/mol. The number of hydrogen-bond donors (Lipinski definition) is 4. The molecule has 2 aromatic rings. The van der Waals surface area contributed by atoms with Gasteiger partial charge in [0.15, 0.2) is 0 Å². The minimum Gasteiger partial charge on any atom is -0.391 e. The maximum absolute atomic E-state index is 12.9. The topological polar surface area (TPSA) is 141 Å². The number of carbonyl (C=O) groups excluding carboxylic acids is 2. The number of nitrogens with zero attached hydrogens (tertiary/aromatic N) is 2. The molecule has 0 saturated carbocycles. The molecule has 30 heavy (non-hydrogen) atoms. The molecule has 1 aliphatic rings. The average Bonchev–Trinajstić information content (AvgIpc) is 3.07. The van der Waals surface area contributed by atoms with Crippen molar-refractivity contribution in [1.29, 1.82) is 0 Å². The first-order chi connectivity index (χ1) is 14.0. The molecule has 9 nitrogen and oxygen atoms in total. The molecule has 0 spiro atoms. The van der Waals surface area contributed by atoms with E-state index < -0.39 is 35.1 Å². The normalized spacial score (nSPS) is 20.4. The summed E-state index contributed by atoms with van der Waals surface area (Å²) in [5.74, 6) is -0.770. The van der Waals surface area contributed by atoms with Gasteiger partial charge in [-0.05, 0) is 17.0 Å². The van der Waals surface area contributed by atoms with Crippen LogP contribution >= 0.6 is 11.6 Å². The zero-order valence-corrected chi connectivity index (χ0v) is 17.9. The number of halogens is 1. The van der Waals surface area contributed by atoms with Gasteiger partial charge in [-0.15, -0.1) is 0 Å². The molecule has 162 valence electrons. The lowest BCUT2D eigenvalue weighted by atomic mass is 9.86. The first kappa shape index (κ1) is 22.2. The van der Waals surface area contributed by atoms with Crippen LogP contribution in [0.3, 0.4) is 0 Å². The second-order valence-electron chi connectivity index (χ2n) is 8.65. The van der Waals surface area contributed by atoms with Gasteiger partial charge in [-0.3, -0.25) is 14.4 Å². The molecule has 1 fully saturated rings. The van der Waals surface area contributed by atoms with Crippen LogP contribution < -0.4 is 16.6 Å². The maximum Gasteiger partial charge on any atom is 0.273 e. The van der Waals surface area contributed by atoms with Gasteiger partial charge in [0.25, 0.3) is 5.56 Å². The van der Waals surface area contributed by atoms with Gasteiger partial charge in [-0.2, -0.15) is 5.10 Å². The number of nitrogens with two attached hydrogens (primary N) is 1. The number of aliphatic hydroxyl groups is 1. The molecule has 1 saturated heterocycles. The number of H-pyrrole nitrogens is 1. The van der Waals surface area contributed by atoms with Crippen LogP contribution in [0.5, 0.6) is 0 Å². The zero-order chi connectivity index (χ0) is 22.2. The summed E-state index contributed by atoms with van der Waals surface area (Å²) in [5.41, 5.74) is 5.84. The van der Waals surface area contributed by atoms with E-state index in [0.29, 0.717) is 16.3 Å². The molecular formula is C20H26ClN5O4. The molecule has 3 rings (SSSR count). The van der Waals surface area contributed by atoms with Crippen LogP contribution in [0.4, 0.5) is 0 Å². The highest BCUT2D eigenvalue weighted by atomic mass is 35.5. The molecule has 0 radical (unpaired) electrons. The van der Waals surface area contributed by atoms with Crippen LogP contribution in [0.1, 0.15) is 32.8 Å². The third-order valence-electron chi connectivity index (χ3n) is 5.39. The summed E-state index contributed by atoms with van der Waals surface area (Å²) in [5, 5.41) is 20.1. The Bertz CT molecular complexity index is 1030. The minimum absolute atomic E-state index is 0.0594. The quantitative estimate of drug-likeness (QED) is 0.551. The van der Waals surface area contributed by atoms with E-state index in [9.17, 15) is 19.5 Å². The van der Waals surface area contributed by atoms with Crippen LogP contribution in [0.15, 0.2) is 23.1 Å². The first-order valence-corrected chi connectivity index (χ1v) is 10.0. The van der Waals surface area contributed by atoms with Crippen LogP contribution in [0, 0.1) is 5.41 Å². The predicted molar refractivity (Wildman–Crippen MR) is 113 cm³/mol. The summed E-state index contributed by atoms with van der Waals surface area (Å²) in [7, 11) is 0. The second kappa shape index (κ2) is 8.33. The Morgan fingerprint density at radius 2 is 2.13 bits per heavy atom. The van der Waals surface area contributed by atoms with Gasteiger partial charge in [0.2, 0.25) is 11.8 Å². The van der Waals surface area contributed by atoms with Crippen molar-refractivity contribution in [2.45, 2.75) is 51.9 Å². The van der Waals surface area contributed by atoms with Gasteiger partial charge in [0.1, 0.15) is 6.04 Å². The van der Waals surface area contributed by atoms with Crippen LogP contribution in [0.25, 0.3) is 10.8 Å². The van der Waals surface area contributed by atoms with Gasteiger partial charge in [-0.1, -0.05) is 38.4 Å². The summed E-state index contributed by atoms with van der Waals surface area (Å²) in [4.78, 5) is 39.1. The van der Waals surface area contributed by atoms with Crippen molar-refractivity contribution in [2.24, 2.45) is 11.1 Å². The molecule has 3 atom stereocenters. The van der Waals surface area contributed by atoms with Gasteiger partial charge in [0, 0.05) is 24.9 Å². The molecule has 0 aliphatic carbocycles. The third kappa shape index (κ3) is 4.33. The van der Waals surface area contributed by atoms with E-state index in [1.54, 1.807) is 12.1 Å². The predicted octanol–water partition coefficient (Wildman–Crippen LogP) is 0.528. The summed E-state index contributed by atoms with van der Waals surface area (Å²) < 4.78 is 0. The summed E-state index contributed by atoms with van der Waals surface area (Å²) >= 11 is 6.12. The first-order valence-electron chi connectivity index (χ1n) is 9.67. The lowest BCUT2D eigenvalue weighted by molar-refractivity contribution is -0.141. The van der Waals surface area contributed by atoms with Crippen LogP contribution in [-0.2, 0) is 16.1 Å². The zero-order valence-electron chi connectivity index (χ0n) is 17.1. The SMILES string of the molecule is CC(C)(C)[C@H](N)C(=O)N1C[C@H](O)C[C@H]1C(=O)NCc1ccc(Cl)c2c(=O)[nH]ncc12. The molecule has 10 heteroatoms. The van der Waals surface area contributed by atoms with Crippen LogP contribution in [0.2, 0.25) is 5.02 Å². The number of rotatable bonds is 4.